The van der Waals surface area contributed by atoms with Crippen LogP contribution in [0.5, 0.6) is 0 Å². The summed E-state index contributed by atoms with van der Waals surface area (Å²) in [5.41, 5.74) is 4.25. The number of carbonyl (C=O) groups excluding carboxylic acids is 1. The number of allylic oxidation sites excluding steroid dienone is 1. The molecule has 0 saturated carbocycles. The van der Waals surface area contributed by atoms with Crippen LogP contribution in [0.15, 0.2) is 40.7 Å². The molecule has 1 amide bonds. The number of benzene rings is 1. The standard InChI is InChI=1S/C16H21NOS/c1-7-19-15(11(2)3)16(18)17(6)14-9-8-12(4)10-13(14)5/h7-10H,1H2,2-6H3. The molecule has 2 nitrogen and oxygen atoms in total. The maximum Gasteiger partial charge on any atom is 0.264 e. The van der Waals surface area contributed by atoms with Gasteiger partial charge < -0.3 is 4.90 Å². The molecule has 102 valence electrons. The second-order valence-corrected chi connectivity index (χ2v) is 5.75. The van der Waals surface area contributed by atoms with Crippen molar-refractivity contribution in [2.24, 2.45) is 0 Å². The number of carbonyl (C=O) groups is 1. The molecule has 1 aromatic carbocycles. The van der Waals surface area contributed by atoms with Gasteiger partial charge in [-0.3, -0.25) is 4.79 Å². The molecule has 0 aliphatic rings. The fraction of sp³-hybridized carbons (Fsp3) is 0.312. The summed E-state index contributed by atoms with van der Waals surface area (Å²) >= 11 is 1.38. The van der Waals surface area contributed by atoms with Gasteiger partial charge in [-0.2, -0.15) is 0 Å². The molecule has 0 spiro atoms. The van der Waals surface area contributed by atoms with Crippen molar-refractivity contribution < 1.29 is 4.79 Å². The highest BCUT2D eigenvalue weighted by Crippen LogP contribution is 2.27. The average molecular weight is 275 g/mol. The third kappa shape index (κ3) is 3.74. The predicted molar refractivity (Wildman–Crippen MR) is 85.5 cm³/mol. The van der Waals surface area contributed by atoms with Crippen LogP contribution in [0, 0.1) is 13.8 Å². The maximum atomic E-state index is 12.5. The first kappa shape index (κ1) is 15.6. The van der Waals surface area contributed by atoms with Crippen LogP contribution in [-0.4, -0.2) is 13.0 Å². The van der Waals surface area contributed by atoms with Crippen molar-refractivity contribution in [2.75, 3.05) is 11.9 Å². The van der Waals surface area contributed by atoms with Crippen molar-refractivity contribution in [2.45, 2.75) is 27.7 Å². The zero-order chi connectivity index (χ0) is 14.6. The van der Waals surface area contributed by atoms with Crippen LogP contribution in [0.3, 0.4) is 0 Å². The lowest BCUT2D eigenvalue weighted by atomic mass is 10.1. The van der Waals surface area contributed by atoms with Crippen LogP contribution < -0.4 is 4.90 Å². The summed E-state index contributed by atoms with van der Waals surface area (Å²) in [7, 11) is 1.81. The Bertz CT molecular complexity index is 528. The molecule has 1 aromatic rings. The third-order valence-corrected chi connectivity index (χ3v) is 3.85. The van der Waals surface area contributed by atoms with Crippen molar-refractivity contribution in [3.8, 4) is 0 Å². The Morgan fingerprint density at radius 1 is 1.32 bits per heavy atom. The van der Waals surface area contributed by atoms with E-state index in [1.54, 1.807) is 10.3 Å². The number of hydrogen-bond acceptors (Lipinski definition) is 2. The molecule has 0 bridgehead atoms. The third-order valence-electron chi connectivity index (χ3n) is 2.87. The Morgan fingerprint density at radius 3 is 2.42 bits per heavy atom. The second-order valence-electron chi connectivity index (χ2n) is 4.77. The highest BCUT2D eigenvalue weighted by atomic mass is 32.2. The van der Waals surface area contributed by atoms with Gasteiger partial charge in [0.15, 0.2) is 0 Å². The largest absolute Gasteiger partial charge is 0.311 e. The zero-order valence-corrected chi connectivity index (χ0v) is 13.1. The monoisotopic (exact) mass is 275 g/mol. The van der Waals surface area contributed by atoms with Gasteiger partial charge in [-0.05, 0) is 44.7 Å². The van der Waals surface area contributed by atoms with Crippen LogP contribution in [0.2, 0.25) is 0 Å². The van der Waals surface area contributed by atoms with Gasteiger partial charge in [0.1, 0.15) is 0 Å². The molecule has 0 fully saturated rings. The number of anilines is 1. The first-order chi connectivity index (χ1) is 8.88. The molecule has 0 radical (unpaired) electrons. The van der Waals surface area contributed by atoms with Gasteiger partial charge in [-0.15, -0.1) is 0 Å². The molecule has 0 aromatic heterocycles. The Balaban J connectivity index is 3.12. The quantitative estimate of drug-likeness (QED) is 0.757. The molecule has 0 unspecified atom stereocenters. The maximum absolute atomic E-state index is 12.5. The van der Waals surface area contributed by atoms with Gasteiger partial charge in [-0.25, -0.2) is 0 Å². The minimum atomic E-state index is 0.0110. The minimum Gasteiger partial charge on any atom is -0.311 e. The molecule has 0 heterocycles. The SMILES string of the molecule is C=CSC(C(=O)N(C)c1ccc(C)cc1C)=C(C)C. The van der Waals surface area contributed by atoms with E-state index < -0.39 is 0 Å². The van der Waals surface area contributed by atoms with Gasteiger partial charge in [-0.1, -0.05) is 41.6 Å². The van der Waals surface area contributed by atoms with Crippen molar-refractivity contribution in [1.29, 1.82) is 0 Å². The molecule has 0 atom stereocenters. The van der Waals surface area contributed by atoms with Crippen LogP contribution in [0.1, 0.15) is 25.0 Å². The molecule has 0 aliphatic carbocycles. The molecule has 3 heteroatoms. The number of thioether (sulfide) groups is 1. The number of nitrogens with zero attached hydrogens (tertiary/aromatic N) is 1. The first-order valence-electron chi connectivity index (χ1n) is 6.18. The van der Waals surface area contributed by atoms with Crippen LogP contribution in [0.25, 0.3) is 0 Å². The van der Waals surface area contributed by atoms with Crippen LogP contribution in [0.4, 0.5) is 5.69 Å². The molecular weight excluding hydrogens is 254 g/mol. The van der Waals surface area contributed by atoms with Crippen LogP contribution in [-0.2, 0) is 4.79 Å². The number of hydrogen-bond donors (Lipinski definition) is 0. The summed E-state index contributed by atoms with van der Waals surface area (Å²) in [6, 6.07) is 6.10. The number of aryl methyl sites for hydroxylation is 2. The summed E-state index contributed by atoms with van der Waals surface area (Å²) in [5.74, 6) is 0.0110. The molecule has 0 N–H and O–H groups in total. The molecule has 0 saturated heterocycles. The van der Waals surface area contributed by atoms with Crippen molar-refractivity contribution >= 4 is 23.4 Å². The average Bonchev–Trinajstić information content (AvgIpc) is 2.34. The number of amides is 1. The number of likely N-dealkylation sites (N-methyl/N-ethyl adjacent to an activating group) is 1. The smallest absolute Gasteiger partial charge is 0.264 e. The Hall–Kier alpha value is -1.48. The summed E-state index contributed by atoms with van der Waals surface area (Å²) < 4.78 is 0. The van der Waals surface area contributed by atoms with Crippen molar-refractivity contribution in [1.82, 2.24) is 0 Å². The van der Waals surface area contributed by atoms with E-state index >= 15 is 0 Å². The predicted octanol–water partition coefficient (Wildman–Crippen LogP) is 4.44. The summed E-state index contributed by atoms with van der Waals surface area (Å²) in [5, 5.41) is 1.69. The highest BCUT2D eigenvalue weighted by molar-refractivity contribution is 8.06. The molecular formula is C16H21NOS. The molecule has 0 aliphatic heterocycles. The van der Waals surface area contributed by atoms with Gasteiger partial charge in [0, 0.05) is 12.7 Å². The van der Waals surface area contributed by atoms with E-state index in [0.29, 0.717) is 0 Å². The lowest BCUT2D eigenvalue weighted by molar-refractivity contribution is -0.114. The van der Waals surface area contributed by atoms with E-state index in [1.807, 2.05) is 46.9 Å². The zero-order valence-electron chi connectivity index (χ0n) is 12.3. The van der Waals surface area contributed by atoms with E-state index in [2.05, 4.69) is 12.6 Å². The fourth-order valence-corrected chi connectivity index (χ4v) is 2.55. The minimum absolute atomic E-state index is 0.0110. The van der Waals surface area contributed by atoms with Gasteiger partial charge in [0.2, 0.25) is 0 Å². The van der Waals surface area contributed by atoms with E-state index in [9.17, 15) is 4.79 Å². The highest BCUT2D eigenvalue weighted by Gasteiger charge is 2.18. The van der Waals surface area contributed by atoms with E-state index in [4.69, 9.17) is 0 Å². The summed E-state index contributed by atoms with van der Waals surface area (Å²) in [4.78, 5) is 14.9. The van der Waals surface area contributed by atoms with E-state index in [0.717, 1.165) is 21.7 Å². The van der Waals surface area contributed by atoms with Crippen molar-refractivity contribution in [3.05, 3.63) is 51.8 Å². The van der Waals surface area contributed by atoms with E-state index in [-0.39, 0.29) is 5.91 Å². The normalized spacial score (nSPS) is 9.95. The van der Waals surface area contributed by atoms with Crippen molar-refractivity contribution in [3.63, 3.8) is 0 Å². The fourth-order valence-electron chi connectivity index (χ4n) is 1.91. The summed E-state index contributed by atoms with van der Waals surface area (Å²) in [6.45, 7) is 11.6. The summed E-state index contributed by atoms with van der Waals surface area (Å²) in [6.07, 6.45) is 0. The first-order valence-corrected chi connectivity index (χ1v) is 7.06. The van der Waals surface area contributed by atoms with Gasteiger partial charge >= 0.3 is 0 Å². The molecule has 19 heavy (non-hydrogen) atoms. The topological polar surface area (TPSA) is 20.3 Å². The lowest BCUT2D eigenvalue weighted by Crippen LogP contribution is -2.27. The van der Waals surface area contributed by atoms with E-state index in [1.165, 1.54) is 17.3 Å². The van der Waals surface area contributed by atoms with Gasteiger partial charge in [0.25, 0.3) is 5.91 Å². The van der Waals surface area contributed by atoms with Gasteiger partial charge in [0.05, 0.1) is 4.91 Å². The Morgan fingerprint density at radius 2 is 1.95 bits per heavy atom. The van der Waals surface area contributed by atoms with Crippen LogP contribution >= 0.6 is 11.8 Å². The number of rotatable bonds is 4. The lowest BCUT2D eigenvalue weighted by Gasteiger charge is -2.21. The second kappa shape index (κ2) is 6.62. The Labute approximate surface area is 120 Å². The molecule has 1 rings (SSSR count). The Kier molecular flexibility index (Phi) is 5.43.